The first kappa shape index (κ1) is 24.9. The van der Waals surface area contributed by atoms with E-state index in [0.29, 0.717) is 26.8 Å². The summed E-state index contributed by atoms with van der Waals surface area (Å²) in [6.07, 6.45) is 0. The Hall–Kier alpha value is -3.82. The fourth-order valence-electron chi connectivity index (χ4n) is 4.40. The summed E-state index contributed by atoms with van der Waals surface area (Å²) in [7, 11) is 0. The van der Waals surface area contributed by atoms with Crippen molar-refractivity contribution in [3.05, 3.63) is 99.7 Å². The van der Waals surface area contributed by atoms with E-state index >= 15 is 0 Å². The number of thioether (sulfide) groups is 1. The number of amides is 3. The van der Waals surface area contributed by atoms with Crippen LogP contribution in [0.3, 0.4) is 0 Å². The number of carbonyl (C=O) groups is 3. The fraction of sp³-hybridized carbons (Fsp3) is 0.143. The first-order chi connectivity index (χ1) is 17.7. The largest absolute Gasteiger partial charge is 0.324 e. The van der Waals surface area contributed by atoms with Gasteiger partial charge in [0.1, 0.15) is 16.7 Å². The summed E-state index contributed by atoms with van der Waals surface area (Å²) in [6.45, 7) is 3.84. The molecule has 0 unspecified atom stereocenters. The number of thiocarbonyl (C=S) groups is 1. The standard InChI is InChI=1S/C28H22FN3O3S2/c1-16-7-12-21(17(2)13-16)30-23(33)15-31-22-6-4-3-5-20(22)24(26(31)34)25-27(35)32(28(36)37-25)14-18-8-10-19(29)11-9-18/h3-13H,14-15H2,1-2H3,(H,30,33)/b25-24-. The van der Waals surface area contributed by atoms with E-state index in [1.54, 1.807) is 36.4 Å². The van der Waals surface area contributed by atoms with Crippen LogP contribution in [0.2, 0.25) is 0 Å². The summed E-state index contributed by atoms with van der Waals surface area (Å²) < 4.78 is 13.6. The molecule has 0 saturated carbocycles. The van der Waals surface area contributed by atoms with Crippen LogP contribution in [-0.4, -0.2) is 33.5 Å². The Morgan fingerprint density at radius 3 is 2.43 bits per heavy atom. The lowest BCUT2D eigenvalue weighted by atomic mass is 10.1. The molecule has 0 aliphatic carbocycles. The van der Waals surface area contributed by atoms with Crippen LogP contribution in [0.4, 0.5) is 15.8 Å². The van der Waals surface area contributed by atoms with Crippen LogP contribution in [0.25, 0.3) is 5.57 Å². The molecule has 3 amide bonds. The van der Waals surface area contributed by atoms with Crippen molar-refractivity contribution in [2.75, 3.05) is 16.8 Å². The van der Waals surface area contributed by atoms with E-state index in [-0.39, 0.29) is 41.2 Å². The topological polar surface area (TPSA) is 69.7 Å². The highest BCUT2D eigenvalue weighted by molar-refractivity contribution is 8.26. The van der Waals surface area contributed by atoms with Crippen LogP contribution in [0.5, 0.6) is 0 Å². The first-order valence-corrected chi connectivity index (χ1v) is 12.8. The van der Waals surface area contributed by atoms with Crippen LogP contribution >= 0.6 is 24.0 Å². The van der Waals surface area contributed by atoms with Gasteiger partial charge in [-0.15, -0.1) is 0 Å². The Kier molecular flexibility index (Phi) is 6.66. The number of benzene rings is 3. The number of hydrogen-bond donors (Lipinski definition) is 1. The maximum atomic E-state index is 13.6. The molecule has 5 rings (SSSR count). The van der Waals surface area contributed by atoms with Gasteiger partial charge in [0.15, 0.2) is 0 Å². The lowest BCUT2D eigenvalue weighted by Crippen LogP contribution is -2.35. The average Bonchev–Trinajstić information content (AvgIpc) is 3.29. The molecule has 3 aromatic rings. The van der Waals surface area contributed by atoms with Gasteiger partial charge in [-0.05, 0) is 49.2 Å². The first-order valence-electron chi connectivity index (χ1n) is 11.5. The molecule has 3 aromatic carbocycles. The minimum atomic E-state index is -0.431. The van der Waals surface area contributed by atoms with Gasteiger partial charge in [0, 0.05) is 11.3 Å². The lowest BCUT2D eigenvalue weighted by Gasteiger charge is -2.17. The van der Waals surface area contributed by atoms with Gasteiger partial charge in [-0.3, -0.25) is 24.2 Å². The highest BCUT2D eigenvalue weighted by Gasteiger charge is 2.42. The number of carbonyl (C=O) groups excluding carboxylic acids is 3. The van der Waals surface area contributed by atoms with Gasteiger partial charge in [0.05, 0.1) is 22.7 Å². The Morgan fingerprint density at radius 1 is 0.973 bits per heavy atom. The minimum Gasteiger partial charge on any atom is -0.324 e. The number of aryl methyl sites for hydroxylation is 2. The van der Waals surface area contributed by atoms with Crippen molar-refractivity contribution in [1.29, 1.82) is 0 Å². The molecule has 1 saturated heterocycles. The van der Waals surface area contributed by atoms with Crippen LogP contribution in [0, 0.1) is 19.7 Å². The molecule has 0 radical (unpaired) electrons. The number of halogens is 1. The van der Waals surface area contributed by atoms with Gasteiger partial charge >= 0.3 is 0 Å². The molecule has 37 heavy (non-hydrogen) atoms. The Balaban J connectivity index is 1.42. The molecule has 1 fully saturated rings. The van der Waals surface area contributed by atoms with Crippen molar-refractivity contribution in [2.24, 2.45) is 0 Å². The second kappa shape index (κ2) is 9.91. The van der Waals surface area contributed by atoms with Crippen molar-refractivity contribution in [3.63, 3.8) is 0 Å². The highest BCUT2D eigenvalue weighted by atomic mass is 32.2. The molecule has 2 heterocycles. The van der Waals surface area contributed by atoms with Crippen molar-refractivity contribution in [1.82, 2.24) is 4.90 Å². The lowest BCUT2D eigenvalue weighted by molar-refractivity contribution is -0.122. The third kappa shape index (κ3) is 4.80. The summed E-state index contributed by atoms with van der Waals surface area (Å²) in [5, 5.41) is 2.88. The van der Waals surface area contributed by atoms with E-state index < -0.39 is 5.91 Å². The number of anilines is 2. The zero-order valence-electron chi connectivity index (χ0n) is 20.1. The molecule has 2 aliphatic rings. The van der Waals surface area contributed by atoms with E-state index in [1.165, 1.54) is 21.9 Å². The maximum Gasteiger partial charge on any atom is 0.267 e. The van der Waals surface area contributed by atoms with Crippen molar-refractivity contribution in [2.45, 2.75) is 20.4 Å². The number of fused-ring (bicyclic) bond motifs is 1. The van der Waals surface area contributed by atoms with E-state index in [1.807, 2.05) is 32.0 Å². The van der Waals surface area contributed by atoms with Gasteiger partial charge in [0.25, 0.3) is 11.8 Å². The quantitative estimate of drug-likeness (QED) is 0.362. The molecule has 0 bridgehead atoms. The molecular formula is C28H22FN3O3S2. The van der Waals surface area contributed by atoms with Crippen molar-refractivity contribution >= 4 is 63.0 Å². The zero-order chi connectivity index (χ0) is 26.3. The Bertz CT molecular complexity index is 1500. The summed E-state index contributed by atoms with van der Waals surface area (Å²) in [5.41, 5.74) is 4.77. The highest BCUT2D eigenvalue weighted by Crippen LogP contribution is 2.44. The van der Waals surface area contributed by atoms with Gasteiger partial charge in [0.2, 0.25) is 5.91 Å². The Morgan fingerprint density at radius 2 is 1.70 bits per heavy atom. The monoisotopic (exact) mass is 531 g/mol. The van der Waals surface area contributed by atoms with E-state index in [4.69, 9.17) is 12.2 Å². The second-order valence-electron chi connectivity index (χ2n) is 8.86. The predicted molar refractivity (Wildman–Crippen MR) is 147 cm³/mol. The molecule has 2 aliphatic heterocycles. The van der Waals surface area contributed by atoms with E-state index in [9.17, 15) is 18.8 Å². The molecule has 186 valence electrons. The molecule has 6 nitrogen and oxygen atoms in total. The van der Waals surface area contributed by atoms with E-state index in [2.05, 4.69) is 5.32 Å². The Labute approximate surface area is 223 Å². The minimum absolute atomic E-state index is 0.166. The van der Waals surface area contributed by atoms with Crippen LogP contribution in [0.15, 0.2) is 71.6 Å². The third-order valence-electron chi connectivity index (χ3n) is 6.21. The molecule has 0 aromatic heterocycles. The molecule has 9 heteroatoms. The number of rotatable bonds is 5. The van der Waals surface area contributed by atoms with Crippen molar-refractivity contribution < 1.29 is 18.8 Å². The summed E-state index contributed by atoms with van der Waals surface area (Å²) >= 11 is 6.52. The van der Waals surface area contributed by atoms with Crippen LogP contribution in [-0.2, 0) is 20.9 Å². The SMILES string of the molecule is Cc1ccc(NC(=O)CN2C(=O)/C(=C3\SC(=S)N(Cc4ccc(F)cc4)C3=O)c3ccccc32)c(C)c1. The summed E-state index contributed by atoms with van der Waals surface area (Å²) in [6, 6.07) is 18.6. The van der Waals surface area contributed by atoms with Crippen LogP contribution in [0.1, 0.15) is 22.3 Å². The van der Waals surface area contributed by atoms with Crippen LogP contribution < -0.4 is 10.2 Å². The number of nitrogens with zero attached hydrogens (tertiary/aromatic N) is 2. The van der Waals surface area contributed by atoms with E-state index in [0.717, 1.165) is 22.9 Å². The van der Waals surface area contributed by atoms with Gasteiger partial charge < -0.3 is 5.32 Å². The average molecular weight is 532 g/mol. The number of para-hydroxylation sites is 1. The molecular weight excluding hydrogens is 509 g/mol. The third-order valence-corrected chi connectivity index (χ3v) is 7.66. The molecule has 1 N–H and O–H groups in total. The molecule has 0 atom stereocenters. The second-order valence-corrected chi connectivity index (χ2v) is 10.5. The fourth-order valence-corrected chi connectivity index (χ4v) is 5.73. The number of nitrogens with one attached hydrogen (secondary N) is 1. The summed E-state index contributed by atoms with van der Waals surface area (Å²) in [5.74, 6) is -1.54. The normalized spacial score (nSPS) is 17.0. The number of hydrogen-bond acceptors (Lipinski definition) is 5. The zero-order valence-corrected chi connectivity index (χ0v) is 21.7. The smallest absolute Gasteiger partial charge is 0.267 e. The van der Waals surface area contributed by atoms with Crippen molar-refractivity contribution in [3.8, 4) is 0 Å². The maximum absolute atomic E-state index is 13.6. The van der Waals surface area contributed by atoms with Gasteiger partial charge in [-0.2, -0.15) is 0 Å². The predicted octanol–water partition coefficient (Wildman–Crippen LogP) is 5.20. The summed E-state index contributed by atoms with van der Waals surface area (Å²) in [4.78, 5) is 43.0. The van der Waals surface area contributed by atoms with Gasteiger partial charge in [-0.1, -0.05) is 72.0 Å². The van der Waals surface area contributed by atoms with Gasteiger partial charge in [-0.25, -0.2) is 4.39 Å². The molecule has 0 spiro atoms.